The van der Waals surface area contributed by atoms with Crippen LogP contribution >= 0.6 is 0 Å². The molecule has 316 valence electrons. The zero-order valence-corrected chi connectivity index (χ0v) is 35.1. The summed E-state index contributed by atoms with van der Waals surface area (Å²) in [6.45, 7) is 2.80. The van der Waals surface area contributed by atoms with Crippen LogP contribution in [0.3, 0.4) is 0 Å². The summed E-state index contributed by atoms with van der Waals surface area (Å²) in [6, 6.07) is 13.3. The van der Waals surface area contributed by atoms with Gasteiger partial charge in [0.05, 0.1) is 56.9 Å². The fraction of sp³-hybridized carbons (Fsp3) is 0.261. The molecule has 14 nitrogen and oxygen atoms in total. The zero-order chi connectivity index (χ0) is 44.0. The molecule has 0 bridgehead atoms. The third kappa shape index (κ3) is 8.35. The van der Waals surface area contributed by atoms with E-state index in [1.165, 1.54) is 95.0 Å². The molecule has 0 fully saturated rings. The summed E-state index contributed by atoms with van der Waals surface area (Å²) in [5, 5.41) is 42.0. The van der Waals surface area contributed by atoms with Gasteiger partial charge in [-0.15, -0.1) is 0 Å². The molecule has 0 aromatic heterocycles. The van der Waals surface area contributed by atoms with Gasteiger partial charge in [-0.05, 0) is 95.8 Å². The van der Waals surface area contributed by atoms with Gasteiger partial charge in [0.1, 0.15) is 11.5 Å². The number of methoxy groups -OCH3 is 8. The van der Waals surface area contributed by atoms with Crippen molar-refractivity contribution >= 4 is 22.7 Å². The summed E-state index contributed by atoms with van der Waals surface area (Å²) in [6.07, 6.45) is 3.30. The van der Waals surface area contributed by atoms with E-state index >= 15 is 0 Å². The second kappa shape index (κ2) is 18.6. The lowest BCUT2D eigenvalue weighted by molar-refractivity contribution is -0.114. The molecule has 0 amide bonds. The van der Waals surface area contributed by atoms with Crippen LogP contribution in [-0.4, -0.2) is 88.9 Å². The Hall–Kier alpha value is -7.22. The number of aromatic hydroxyl groups is 2. The number of fused-ring (bicyclic) bond motifs is 2. The summed E-state index contributed by atoms with van der Waals surface area (Å²) in [5.74, 6) is 2.18. The van der Waals surface area contributed by atoms with Crippen LogP contribution in [0.15, 0.2) is 83.3 Å². The molecule has 60 heavy (non-hydrogen) atoms. The number of hydrogen-bond acceptors (Lipinski definition) is 14. The summed E-state index contributed by atoms with van der Waals surface area (Å²) >= 11 is 0. The summed E-state index contributed by atoms with van der Waals surface area (Å²) in [4.78, 5) is 24.5. The van der Waals surface area contributed by atoms with E-state index in [-0.39, 0.29) is 58.6 Å². The number of hydrogen-bond donors (Lipinski definition) is 4. The van der Waals surface area contributed by atoms with Crippen molar-refractivity contribution in [2.75, 3.05) is 56.9 Å². The smallest absolute Gasteiger partial charge is 0.203 e. The van der Waals surface area contributed by atoms with Crippen molar-refractivity contribution < 1.29 is 67.9 Å². The maximum Gasteiger partial charge on any atom is 0.203 e. The number of rotatable bonds is 12. The Kier molecular flexibility index (Phi) is 13.6. The SMILES string of the molecule is COc1ccc(C2=CC(O)=C(C(C)=O)Cc3c2cc(OC)c(OC)c3OC)cc1O.COc1ccc(C2=CC(O)=C(C(C)=O)Cc3c2cc(OC)c(OC)c3OC)cc1O. The fourth-order valence-corrected chi connectivity index (χ4v) is 7.20. The monoisotopic (exact) mass is 824 g/mol. The first-order valence-corrected chi connectivity index (χ1v) is 18.4. The number of ketones is 2. The predicted molar refractivity (Wildman–Crippen MR) is 224 cm³/mol. The van der Waals surface area contributed by atoms with E-state index in [1.54, 1.807) is 36.4 Å². The molecule has 6 rings (SSSR count). The van der Waals surface area contributed by atoms with Crippen LogP contribution in [0.5, 0.6) is 57.5 Å². The standard InChI is InChI=1S/2C23H24O7/c2*1-12(24)14-9-17-16(11-21(28-3)23(30-5)22(17)29-4)15(10-18(14)25)13-6-7-20(27-2)19(26)8-13/h2*6-8,10-11,25-26H,9H2,1-5H3. The highest BCUT2D eigenvalue weighted by atomic mass is 16.5. The van der Waals surface area contributed by atoms with Gasteiger partial charge in [0.25, 0.3) is 0 Å². The van der Waals surface area contributed by atoms with Crippen molar-refractivity contribution in [3.05, 3.63) is 117 Å². The molecule has 4 N–H and O–H groups in total. The van der Waals surface area contributed by atoms with Crippen LogP contribution in [-0.2, 0) is 22.4 Å². The average Bonchev–Trinajstić information content (AvgIpc) is 3.49. The molecule has 2 aliphatic carbocycles. The van der Waals surface area contributed by atoms with Crippen molar-refractivity contribution in [3.8, 4) is 57.5 Å². The first-order chi connectivity index (χ1) is 28.7. The third-order valence-corrected chi connectivity index (χ3v) is 10.2. The van der Waals surface area contributed by atoms with Crippen LogP contribution in [0.4, 0.5) is 0 Å². The molecule has 0 heterocycles. The number of Topliss-reactive ketones (excluding diaryl/α,β-unsaturated/α-hetero) is 2. The van der Waals surface area contributed by atoms with Crippen LogP contribution in [0.1, 0.15) is 47.2 Å². The number of aliphatic hydroxyl groups excluding tert-OH is 2. The number of aliphatic hydroxyl groups is 2. The lowest BCUT2D eigenvalue weighted by Crippen LogP contribution is -2.07. The largest absolute Gasteiger partial charge is 0.508 e. The molecule has 0 radical (unpaired) electrons. The van der Waals surface area contributed by atoms with Crippen LogP contribution in [0, 0.1) is 0 Å². The second-order valence-electron chi connectivity index (χ2n) is 13.4. The quantitative estimate of drug-likeness (QED) is 0.109. The van der Waals surface area contributed by atoms with E-state index in [0.29, 0.717) is 90.5 Å². The van der Waals surface area contributed by atoms with Gasteiger partial charge in [-0.2, -0.15) is 0 Å². The number of allylic oxidation sites excluding steroid dienone is 4. The first-order valence-electron chi connectivity index (χ1n) is 18.4. The number of carbonyl (C=O) groups is 2. The van der Waals surface area contributed by atoms with Gasteiger partial charge in [-0.3, -0.25) is 9.59 Å². The van der Waals surface area contributed by atoms with Gasteiger partial charge in [0.15, 0.2) is 57.6 Å². The Morgan fingerprint density at radius 1 is 0.450 bits per heavy atom. The van der Waals surface area contributed by atoms with Crippen molar-refractivity contribution in [3.63, 3.8) is 0 Å². The molecule has 0 spiro atoms. The molecule has 14 heteroatoms. The molecule has 4 aromatic rings. The molecule has 0 atom stereocenters. The minimum atomic E-state index is -0.259. The minimum Gasteiger partial charge on any atom is -0.508 e. The molecular weight excluding hydrogens is 776 g/mol. The van der Waals surface area contributed by atoms with E-state index in [4.69, 9.17) is 37.9 Å². The first kappa shape index (κ1) is 43.9. The Balaban J connectivity index is 0.000000228. The zero-order valence-electron chi connectivity index (χ0n) is 35.1. The minimum absolute atomic E-state index is 0.0515. The van der Waals surface area contributed by atoms with Crippen molar-refractivity contribution in [2.45, 2.75) is 26.7 Å². The number of phenols is 2. The predicted octanol–water partition coefficient (Wildman–Crippen LogP) is 7.63. The molecule has 0 saturated carbocycles. The Bertz CT molecular complexity index is 2300. The lowest BCUT2D eigenvalue weighted by atomic mass is 9.91. The van der Waals surface area contributed by atoms with Gasteiger partial charge >= 0.3 is 0 Å². The highest BCUT2D eigenvalue weighted by Gasteiger charge is 2.30. The van der Waals surface area contributed by atoms with Crippen LogP contribution < -0.4 is 37.9 Å². The van der Waals surface area contributed by atoms with Crippen molar-refractivity contribution in [1.82, 2.24) is 0 Å². The lowest BCUT2D eigenvalue weighted by Gasteiger charge is -2.20. The summed E-state index contributed by atoms with van der Waals surface area (Å²) in [5.41, 5.74) is 5.54. The van der Waals surface area contributed by atoms with Crippen LogP contribution in [0.25, 0.3) is 11.1 Å². The summed E-state index contributed by atoms with van der Waals surface area (Å²) in [7, 11) is 12.0. The normalized spacial score (nSPS) is 13.2. The Morgan fingerprint density at radius 3 is 1.05 bits per heavy atom. The van der Waals surface area contributed by atoms with Gasteiger partial charge in [-0.25, -0.2) is 0 Å². The molecule has 4 aromatic carbocycles. The number of carbonyl (C=O) groups excluding carboxylic acids is 2. The molecule has 0 unspecified atom stereocenters. The molecule has 2 aliphatic rings. The van der Waals surface area contributed by atoms with Gasteiger partial charge in [0, 0.05) is 35.1 Å². The highest BCUT2D eigenvalue weighted by molar-refractivity contribution is 5.99. The second-order valence-corrected chi connectivity index (χ2v) is 13.4. The maximum absolute atomic E-state index is 12.2. The van der Waals surface area contributed by atoms with Gasteiger partial charge in [0.2, 0.25) is 11.5 Å². The summed E-state index contributed by atoms with van der Waals surface area (Å²) < 4.78 is 43.4. The average molecular weight is 825 g/mol. The molecular formula is C46H48O14. The Morgan fingerprint density at radius 2 is 0.783 bits per heavy atom. The maximum atomic E-state index is 12.2. The number of phenolic OH excluding ortho intramolecular Hbond substituents is 2. The Labute approximate surface area is 347 Å². The highest BCUT2D eigenvalue weighted by Crippen LogP contribution is 2.49. The van der Waals surface area contributed by atoms with E-state index in [1.807, 2.05) is 0 Å². The number of benzene rings is 4. The number of ether oxygens (including phenoxy) is 8. The van der Waals surface area contributed by atoms with E-state index < -0.39 is 0 Å². The van der Waals surface area contributed by atoms with Crippen molar-refractivity contribution in [2.24, 2.45) is 0 Å². The fourth-order valence-electron chi connectivity index (χ4n) is 7.20. The van der Waals surface area contributed by atoms with Crippen LogP contribution in [0.2, 0.25) is 0 Å². The van der Waals surface area contributed by atoms with E-state index in [2.05, 4.69) is 0 Å². The van der Waals surface area contributed by atoms with Gasteiger partial charge < -0.3 is 58.3 Å². The molecule has 0 saturated heterocycles. The van der Waals surface area contributed by atoms with E-state index in [9.17, 15) is 30.0 Å². The molecule has 0 aliphatic heterocycles. The topological polar surface area (TPSA) is 189 Å². The van der Waals surface area contributed by atoms with E-state index in [0.717, 1.165) is 0 Å². The van der Waals surface area contributed by atoms with Crippen molar-refractivity contribution in [1.29, 1.82) is 0 Å². The third-order valence-electron chi connectivity index (χ3n) is 10.2. The van der Waals surface area contributed by atoms with Gasteiger partial charge in [-0.1, -0.05) is 12.1 Å².